The molecule has 7 heteroatoms. The van der Waals surface area contributed by atoms with Gasteiger partial charge in [-0.15, -0.1) is 22.7 Å². The van der Waals surface area contributed by atoms with Gasteiger partial charge in [0.1, 0.15) is 3.14 Å². The number of rotatable bonds is 8. The number of nitrogens with one attached hydrogen (secondary N) is 1. The summed E-state index contributed by atoms with van der Waals surface area (Å²) in [5.41, 5.74) is 1.61. The van der Waals surface area contributed by atoms with Crippen LogP contribution in [0.15, 0.2) is 24.3 Å². The Kier molecular flexibility index (Phi) is 7.15. The van der Waals surface area contributed by atoms with E-state index < -0.39 is 0 Å². The molecule has 0 aliphatic heterocycles. The molecule has 0 fully saturated rings. The van der Waals surface area contributed by atoms with Gasteiger partial charge in [0.05, 0.1) is 23.1 Å². The molecule has 0 aliphatic carbocycles. The van der Waals surface area contributed by atoms with Crippen molar-refractivity contribution in [3.63, 3.8) is 0 Å². The number of anilines is 1. The Labute approximate surface area is 149 Å². The summed E-state index contributed by atoms with van der Waals surface area (Å²) in [7, 11) is 0. The van der Waals surface area contributed by atoms with Crippen molar-refractivity contribution >= 4 is 40.6 Å². The normalized spacial score (nSPS) is 10.7. The lowest BCUT2D eigenvalue weighted by atomic mass is 10.2. The number of nitriles is 1. The van der Waals surface area contributed by atoms with E-state index in [0.29, 0.717) is 25.3 Å². The van der Waals surface area contributed by atoms with Gasteiger partial charge in [0, 0.05) is 23.8 Å². The molecular formula is C16H18N2O2S3. The Hall–Kier alpha value is -1.30. The zero-order valence-corrected chi connectivity index (χ0v) is 15.4. The standard InChI is InChI=1S/C16H18N2O2S3/c1-3-19-15(20-4-2)14-13(22-16(21)23-14)10-18-12-7-5-11(9-17)6-8-12/h5-8,15,18H,3-4,10H2,1-2H3. The minimum Gasteiger partial charge on any atom is -0.380 e. The van der Waals surface area contributed by atoms with Crippen LogP contribution in [-0.4, -0.2) is 13.2 Å². The molecule has 2 aromatic rings. The van der Waals surface area contributed by atoms with Crippen LogP contribution < -0.4 is 5.32 Å². The van der Waals surface area contributed by atoms with E-state index >= 15 is 0 Å². The highest BCUT2D eigenvalue weighted by molar-refractivity contribution is 7.76. The van der Waals surface area contributed by atoms with E-state index in [1.54, 1.807) is 34.8 Å². The molecule has 23 heavy (non-hydrogen) atoms. The van der Waals surface area contributed by atoms with Crippen LogP contribution >= 0.6 is 34.9 Å². The average molecular weight is 367 g/mol. The maximum Gasteiger partial charge on any atom is 0.194 e. The van der Waals surface area contributed by atoms with Crippen molar-refractivity contribution in [3.8, 4) is 6.07 Å². The van der Waals surface area contributed by atoms with Crippen LogP contribution in [-0.2, 0) is 16.0 Å². The lowest BCUT2D eigenvalue weighted by Crippen LogP contribution is -2.10. The molecule has 0 aliphatic rings. The van der Waals surface area contributed by atoms with Gasteiger partial charge in [-0.1, -0.05) is 12.2 Å². The number of benzene rings is 1. The molecule has 2 rings (SSSR count). The van der Waals surface area contributed by atoms with Crippen molar-refractivity contribution in [2.75, 3.05) is 18.5 Å². The molecule has 1 N–H and O–H groups in total. The van der Waals surface area contributed by atoms with Crippen molar-refractivity contribution in [2.24, 2.45) is 0 Å². The van der Waals surface area contributed by atoms with Gasteiger partial charge in [0.2, 0.25) is 0 Å². The van der Waals surface area contributed by atoms with Crippen LogP contribution in [0.5, 0.6) is 0 Å². The summed E-state index contributed by atoms with van der Waals surface area (Å²) in [6.45, 7) is 5.72. The van der Waals surface area contributed by atoms with Gasteiger partial charge < -0.3 is 14.8 Å². The lowest BCUT2D eigenvalue weighted by molar-refractivity contribution is -0.138. The Balaban J connectivity index is 2.12. The average Bonchev–Trinajstić information content (AvgIpc) is 2.94. The van der Waals surface area contributed by atoms with E-state index in [4.69, 9.17) is 27.0 Å². The SMILES string of the molecule is CCOC(OCC)c1sc(=S)sc1CNc1ccc(C#N)cc1. The summed E-state index contributed by atoms with van der Waals surface area (Å²) in [5, 5.41) is 12.2. The summed E-state index contributed by atoms with van der Waals surface area (Å²) < 4.78 is 12.2. The number of nitrogens with zero attached hydrogens (tertiary/aromatic N) is 1. The third-order valence-electron chi connectivity index (χ3n) is 2.99. The first-order chi connectivity index (χ1) is 11.2. The van der Waals surface area contributed by atoms with Crippen LogP contribution in [0.25, 0.3) is 0 Å². The third kappa shape index (κ3) is 5.09. The fourth-order valence-corrected chi connectivity index (χ4v) is 4.67. The van der Waals surface area contributed by atoms with Crippen LogP contribution in [0.1, 0.15) is 35.5 Å². The second-order valence-electron chi connectivity index (χ2n) is 4.53. The summed E-state index contributed by atoms with van der Waals surface area (Å²) in [5.74, 6) is 0. The van der Waals surface area contributed by atoms with Crippen molar-refractivity contribution in [2.45, 2.75) is 26.7 Å². The summed E-state index contributed by atoms with van der Waals surface area (Å²) >= 11 is 8.46. The maximum atomic E-state index is 8.83. The van der Waals surface area contributed by atoms with Gasteiger partial charge in [0.15, 0.2) is 6.29 Å². The van der Waals surface area contributed by atoms with E-state index in [1.807, 2.05) is 26.0 Å². The van der Waals surface area contributed by atoms with Gasteiger partial charge in [0.25, 0.3) is 0 Å². The molecule has 4 nitrogen and oxygen atoms in total. The van der Waals surface area contributed by atoms with Crippen LogP contribution in [0.4, 0.5) is 5.69 Å². The van der Waals surface area contributed by atoms with Crippen LogP contribution in [0.2, 0.25) is 0 Å². The predicted octanol–water partition coefficient (Wildman–Crippen LogP) is 5.09. The molecule has 0 bridgehead atoms. The van der Waals surface area contributed by atoms with Crippen LogP contribution in [0, 0.1) is 14.5 Å². The minimum absolute atomic E-state index is 0.360. The molecule has 0 saturated heterocycles. The first-order valence-corrected chi connectivity index (χ1v) is 9.32. The van der Waals surface area contributed by atoms with Gasteiger partial charge in [-0.25, -0.2) is 0 Å². The second-order valence-corrected chi connectivity index (χ2v) is 7.87. The zero-order chi connectivity index (χ0) is 16.7. The largest absolute Gasteiger partial charge is 0.380 e. The highest BCUT2D eigenvalue weighted by Crippen LogP contribution is 2.33. The first kappa shape index (κ1) is 18.0. The lowest BCUT2D eigenvalue weighted by Gasteiger charge is -2.17. The monoisotopic (exact) mass is 366 g/mol. The van der Waals surface area contributed by atoms with Crippen molar-refractivity contribution in [1.29, 1.82) is 5.26 Å². The minimum atomic E-state index is -0.360. The second kappa shape index (κ2) is 9.11. The van der Waals surface area contributed by atoms with Crippen molar-refractivity contribution in [1.82, 2.24) is 0 Å². The molecule has 1 heterocycles. The van der Waals surface area contributed by atoms with Crippen molar-refractivity contribution in [3.05, 3.63) is 42.7 Å². The fourth-order valence-electron chi connectivity index (χ4n) is 1.97. The number of ether oxygens (including phenoxy) is 2. The third-order valence-corrected chi connectivity index (χ3v) is 5.72. The van der Waals surface area contributed by atoms with Gasteiger partial charge in [-0.3, -0.25) is 0 Å². The van der Waals surface area contributed by atoms with E-state index in [0.717, 1.165) is 18.6 Å². The van der Waals surface area contributed by atoms with E-state index in [1.165, 1.54) is 0 Å². The van der Waals surface area contributed by atoms with Gasteiger partial charge in [-0.05, 0) is 38.1 Å². The maximum absolute atomic E-state index is 8.83. The molecule has 0 unspecified atom stereocenters. The molecule has 0 saturated carbocycles. The Morgan fingerprint density at radius 1 is 1.17 bits per heavy atom. The molecule has 0 spiro atoms. The Morgan fingerprint density at radius 3 is 2.39 bits per heavy atom. The Bertz CT molecular complexity index is 710. The molecule has 0 atom stereocenters. The molecule has 1 aromatic heterocycles. The fraction of sp³-hybridized carbons (Fsp3) is 0.375. The molecular weight excluding hydrogens is 348 g/mol. The quantitative estimate of drug-likeness (QED) is 0.521. The van der Waals surface area contributed by atoms with Crippen molar-refractivity contribution < 1.29 is 9.47 Å². The molecule has 0 radical (unpaired) electrons. The Morgan fingerprint density at radius 2 is 1.83 bits per heavy atom. The van der Waals surface area contributed by atoms with Gasteiger partial charge >= 0.3 is 0 Å². The molecule has 0 amide bonds. The number of hydrogen-bond donors (Lipinski definition) is 1. The number of hydrogen-bond acceptors (Lipinski definition) is 7. The molecule has 1 aromatic carbocycles. The van der Waals surface area contributed by atoms with Crippen LogP contribution in [0.3, 0.4) is 0 Å². The predicted molar refractivity (Wildman–Crippen MR) is 97.5 cm³/mol. The smallest absolute Gasteiger partial charge is 0.194 e. The zero-order valence-electron chi connectivity index (χ0n) is 13.0. The topological polar surface area (TPSA) is 54.3 Å². The van der Waals surface area contributed by atoms with E-state index in [9.17, 15) is 0 Å². The molecule has 122 valence electrons. The first-order valence-electron chi connectivity index (χ1n) is 7.27. The van der Waals surface area contributed by atoms with E-state index in [-0.39, 0.29) is 6.29 Å². The summed E-state index contributed by atoms with van der Waals surface area (Å²) in [4.78, 5) is 2.15. The van der Waals surface area contributed by atoms with E-state index in [2.05, 4.69) is 11.4 Å². The van der Waals surface area contributed by atoms with Gasteiger partial charge in [-0.2, -0.15) is 5.26 Å². The summed E-state index contributed by atoms with van der Waals surface area (Å²) in [6.07, 6.45) is -0.360. The highest BCUT2D eigenvalue weighted by atomic mass is 32.2. The highest BCUT2D eigenvalue weighted by Gasteiger charge is 2.19. The summed E-state index contributed by atoms with van der Waals surface area (Å²) in [6, 6.07) is 9.49.